The number of anilines is 1. The van der Waals surface area contributed by atoms with Crippen LogP contribution in [-0.4, -0.2) is 15.5 Å². The minimum Gasteiger partial charge on any atom is -0.316 e. The maximum atomic E-state index is 12.4. The molecule has 2 aromatic rings. The van der Waals surface area contributed by atoms with Crippen LogP contribution in [-0.2, 0) is 16.6 Å². The van der Waals surface area contributed by atoms with Gasteiger partial charge in [0.15, 0.2) is 0 Å². The van der Waals surface area contributed by atoms with Crippen molar-refractivity contribution in [2.45, 2.75) is 18.4 Å². The maximum absolute atomic E-state index is 12.4. The second-order valence-electron chi connectivity index (χ2n) is 4.70. The maximum Gasteiger partial charge on any atom is 0.261 e. The van der Waals surface area contributed by atoms with Gasteiger partial charge in [-0.2, -0.15) is 0 Å². The quantitative estimate of drug-likeness (QED) is 0.888. The molecule has 0 aromatic heterocycles. The van der Waals surface area contributed by atoms with E-state index in [-0.39, 0.29) is 4.90 Å². The summed E-state index contributed by atoms with van der Waals surface area (Å²) in [5.41, 5.74) is 2.36. The highest BCUT2D eigenvalue weighted by molar-refractivity contribution is 7.92. The fourth-order valence-electron chi connectivity index (χ4n) is 1.94. The third kappa shape index (κ3) is 3.75. The van der Waals surface area contributed by atoms with E-state index in [4.69, 9.17) is 11.6 Å². The van der Waals surface area contributed by atoms with E-state index in [1.807, 2.05) is 14.0 Å². The number of rotatable bonds is 5. The summed E-state index contributed by atoms with van der Waals surface area (Å²) in [6.07, 6.45) is 0. The largest absolute Gasteiger partial charge is 0.316 e. The average molecular weight is 325 g/mol. The summed E-state index contributed by atoms with van der Waals surface area (Å²) in [4.78, 5) is 0.221. The molecule has 6 heteroatoms. The van der Waals surface area contributed by atoms with Gasteiger partial charge in [-0.05, 0) is 49.4 Å². The van der Waals surface area contributed by atoms with Gasteiger partial charge in [0.1, 0.15) is 0 Å². The molecule has 0 saturated carbocycles. The molecule has 0 heterocycles. The van der Waals surface area contributed by atoms with Crippen LogP contribution in [0.5, 0.6) is 0 Å². The van der Waals surface area contributed by atoms with Gasteiger partial charge < -0.3 is 5.32 Å². The number of hydrogen-bond acceptors (Lipinski definition) is 3. The molecule has 0 bridgehead atoms. The van der Waals surface area contributed by atoms with Crippen LogP contribution < -0.4 is 10.0 Å². The van der Waals surface area contributed by atoms with Gasteiger partial charge >= 0.3 is 0 Å². The van der Waals surface area contributed by atoms with Gasteiger partial charge in [-0.1, -0.05) is 29.8 Å². The van der Waals surface area contributed by atoms with Crippen LogP contribution in [0, 0.1) is 6.92 Å². The zero-order chi connectivity index (χ0) is 15.5. The Morgan fingerprint density at radius 1 is 1.14 bits per heavy atom. The number of hydrogen-bond donors (Lipinski definition) is 2. The first-order chi connectivity index (χ1) is 9.94. The van der Waals surface area contributed by atoms with Crippen molar-refractivity contribution < 1.29 is 8.42 Å². The second kappa shape index (κ2) is 6.47. The summed E-state index contributed by atoms with van der Waals surface area (Å²) in [5, 5.41) is 3.39. The molecule has 0 atom stereocenters. The SMILES string of the molecule is CNCc1cc(S(=O)(=O)Nc2ccccc2Cl)ccc1C. The summed E-state index contributed by atoms with van der Waals surface area (Å²) in [7, 11) is -1.83. The Labute approximate surface area is 130 Å². The third-order valence-corrected chi connectivity index (χ3v) is 4.81. The van der Waals surface area contributed by atoms with Crippen molar-refractivity contribution >= 4 is 27.3 Å². The molecule has 2 N–H and O–H groups in total. The predicted molar refractivity (Wildman–Crippen MR) is 86.2 cm³/mol. The van der Waals surface area contributed by atoms with Crippen LogP contribution in [0.2, 0.25) is 5.02 Å². The summed E-state index contributed by atoms with van der Waals surface area (Å²) in [6, 6.07) is 11.8. The molecule has 0 spiro atoms. The molecule has 0 fully saturated rings. The van der Waals surface area contributed by atoms with E-state index >= 15 is 0 Å². The van der Waals surface area contributed by atoms with E-state index in [0.29, 0.717) is 17.3 Å². The monoisotopic (exact) mass is 324 g/mol. The highest BCUT2D eigenvalue weighted by Gasteiger charge is 2.16. The molecule has 0 unspecified atom stereocenters. The van der Waals surface area contributed by atoms with E-state index < -0.39 is 10.0 Å². The molecule has 4 nitrogen and oxygen atoms in total. The lowest BCUT2D eigenvalue weighted by Crippen LogP contribution is -2.14. The molecule has 0 aliphatic rings. The fourth-order valence-corrected chi connectivity index (χ4v) is 3.31. The Kier molecular flexibility index (Phi) is 4.88. The third-order valence-electron chi connectivity index (χ3n) is 3.12. The number of benzene rings is 2. The van der Waals surface area contributed by atoms with Gasteiger partial charge in [0.25, 0.3) is 10.0 Å². The Morgan fingerprint density at radius 2 is 1.86 bits per heavy atom. The Balaban J connectivity index is 2.36. The average Bonchev–Trinajstić information content (AvgIpc) is 2.44. The Morgan fingerprint density at radius 3 is 2.52 bits per heavy atom. The number of nitrogens with one attached hydrogen (secondary N) is 2. The molecule has 0 saturated heterocycles. The van der Waals surface area contributed by atoms with Crippen molar-refractivity contribution in [2.75, 3.05) is 11.8 Å². The first-order valence-corrected chi connectivity index (χ1v) is 8.31. The molecule has 0 aliphatic carbocycles. The van der Waals surface area contributed by atoms with E-state index in [1.165, 1.54) is 0 Å². The van der Waals surface area contributed by atoms with Crippen molar-refractivity contribution in [3.05, 3.63) is 58.6 Å². The van der Waals surface area contributed by atoms with E-state index in [9.17, 15) is 8.42 Å². The summed E-state index contributed by atoms with van der Waals surface area (Å²) in [5.74, 6) is 0. The summed E-state index contributed by atoms with van der Waals surface area (Å²) in [6.45, 7) is 2.56. The molecular formula is C15H17ClN2O2S. The van der Waals surface area contributed by atoms with E-state index in [1.54, 1.807) is 42.5 Å². The van der Waals surface area contributed by atoms with Gasteiger partial charge in [0.2, 0.25) is 0 Å². The van der Waals surface area contributed by atoms with Crippen molar-refractivity contribution in [1.29, 1.82) is 0 Å². The van der Waals surface area contributed by atoms with Gasteiger partial charge in [-0.3, -0.25) is 4.72 Å². The van der Waals surface area contributed by atoms with Crippen LogP contribution in [0.3, 0.4) is 0 Å². The van der Waals surface area contributed by atoms with Gasteiger partial charge in [-0.15, -0.1) is 0 Å². The second-order valence-corrected chi connectivity index (χ2v) is 6.79. The zero-order valence-corrected chi connectivity index (χ0v) is 13.4. The standard InChI is InChI=1S/C15H17ClN2O2S/c1-11-7-8-13(9-12(11)10-17-2)21(19,20)18-15-6-4-3-5-14(15)16/h3-9,17-18H,10H2,1-2H3. The highest BCUT2D eigenvalue weighted by Crippen LogP contribution is 2.24. The predicted octanol–water partition coefficient (Wildman–Crippen LogP) is 3.17. The molecule has 0 aliphatic heterocycles. The van der Waals surface area contributed by atoms with Crippen molar-refractivity contribution in [1.82, 2.24) is 5.32 Å². The molecule has 112 valence electrons. The van der Waals surface area contributed by atoms with Crippen molar-refractivity contribution in [2.24, 2.45) is 0 Å². The molecule has 0 radical (unpaired) electrons. The van der Waals surface area contributed by atoms with E-state index in [2.05, 4.69) is 10.0 Å². The number of para-hydroxylation sites is 1. The normalized spacial score (nSPS) is 11.4. The van der Waals surface area contributed by atoms with E-state index in [0.717, 1.165) is 11.1 Å². The summed E-state index contributed by atoms with van der Waals surface area (Å²) >= 11 is 5.99. The molecule has 2 aromatic carbocycles. The number of halogens is 1. The summed E-state index contributed by atoms with van der Waals surface area (Å²) < 4.78 is 27.4. The minimum atomic E-state index is -3.66. The van der Waals surface area contributed by atoms with Crippen LogP contribution in [0.4, 0.5) is 5.69 Å². The number of aryl methyl sites for hydroxylation is 1. The Hall–Kier alpha value is -1.56. The lowest BCUT2D eigenvalue weighted by molar-refractivity contribution is 0.601. The van der Waals surface area contributed by atoms with Crippen LogP contribution in [0.1, 0.15) is 11.1 Å². The molecular weight excluding hydrogens is 308 g/mol. The van der Waals surface area contributed by atoms with Crippen LogP contribution in [0.15, 0.2) is 47.4 Å². The minimum absolute atomic E-state index is 0.221. The molecule has 2 rings (SSSR count). The van der Waals surface area contributed by atoms with Crippen LogP contribution in [0.25, 0.3) is 0 Å². The number of sulfonamides is 1. The van der Waals surface area contributed by atoms with Gasteiger partial charge in [0, 0.05) is 6.54 Å². The molecule has 0 amide bonds. The zero-order valence-electron chi connectivity index (χ0n) is 11.9. The lowest BCUT2D eigenvalue weighted by atomic mass is 10.1. The Bertz CT molecular complexity index is 745. The molecule has 21 heavy (non-hydrogen) atoms. The fraction of sp³-hybridized carbons (Fsp3) is 0.200. The first kappa shape index (κ1) is 15.8. The highest BCUT2D eigenvalue weighted by atomic mass is 35.5. The van der Waals surface area contributed by atoms with Crippen molar-refractivity contribution in [3.8, 4) is 0 Å². The van der Waals surface area contributed by atoms with Gasteiger partial charge in [0.05, 0.1) is 15.6 Å². The van der Waals surface area contributed by atoms with Gasteiger partial charge in [-0.25, -0.2) is 8.42 Å². The lowest BCUT2D eigenvalue weighted by Gasteiger charge is -2.12. The topological polar surface area (TPSA) is 58.2 Å². The smallest absolute Gasteiger partial charge is 0.261 e. The first-order valence-electron chi connectivity index (χ1n) is 6.45. The van der Waals surface area contributed by atoms with Crippen LogP contribution >= 0.6 is 11.6 Å². The van der Waals surface area contributed by atoms with Crippen molar-refractivity contribution in [3.63, 3.8) is 0 Å².